The first-order valence-corrected chi connectivity index (χ1v) is 7.74. The fourth-order valence-corrected chi connectivity index (χ4v) is 2.36. The van der Waals surface area contributed by atoms with E-state index in [0.29, 0.717) is 12.8 Å². The minimum atomic E-state index is -4.03. The predicted molar refractivity (Wildman–Crippen MR) is 74.5 cm³/mol. The standard InChI is InChI=1S/C11H23NO4S.Na.H/c1-3-5-6-7-8-10(9-17(14,15)16)12-11(13)4-2;;/h10H,3-9H2,1-2H3,(H,12,13)(H,14,15,16);;. The summed E-state index contributed by atoms with van der Waals surface area (Å²) in [5, 5.41) is 2.62. The predicted octanol–water partition coefficient (Wildman–Crippen LogP) is 1.09. The molecule has 0 fully saturated rings. The van der Waals surface area contributed by atoms with Gasteiger partial charge in [0.1, 0.15) is 0 Å². The van der Waals surface area contributed by atoms with Crippen molar-refractivity contribution in [1.29, 1.82) is 0 Å². The molecule has 0 aromatic rings. The number of nitrogens with one attached hydrogen (secondary N) is 1. The van der Waals surface area contributed by atoms with E-state index in [1.807, 2.05) is 0 Å². The SMILES string of the molecule is CCCCCCC(CS(=O)(=O)O)NC(=O)CC.[NaH]. The average molecular weight is 289 g/mol. The first-order chi connectivity index (χ1) is 7.89. The molecule has 0 rings (SSSR count). The molecular weight excluding hydrogens is 265 g/mol. The molecular formula is C11H24NNaO4S. The van der Waals surface area contributed by atoms with E-state index in [1.165, 1.54) is 0 Å². The molecule has 0 saturated carbocycles. The zero-order chi connectivity index (χ0) is 13.3. The Morgan fingerprint density at radius 3 is 2.28 bits per heavy atom. The van der Waals surface area contributed by atoms with E-state index in [2.05, 4.69) is 12.2 Å². The Labute approximate surface area is 132 Å². The molecule has 0 aliphatic rings. The number of amides is 1. The van der Waals surface area contributed by atoms with E-state index in [1.54, 1.807) is 6.92 Å². The Bertz CT molecular complexity index is 319. The number of hydrogen-bond acceptors (Lipinski definition) is 3. The summed E-state index contributed by atoms with van der Waals surface area (Å²) in [6, 6.07) is -0.477. The van der Waals surface area contributed by atoms with Gasteiger partial charge in [-0.25, -0.2) is 0 Å². The van der Waals surface area contributed by atoms with Crippen LogP contribution in [0.2, 0.25) is 0 Å². The molecule has 0 aliphatic carbocycles. The molecule has 0 radical (unpaired) electrons. The van der Waals surface area contributed by atoms with Crippen molar-refractivity contribution in [3.8, 4) is 0 Å². The van der Waals surface area contributed by atoms with Gasteiger partial charge in [0.25, 0.3) is 10.1 Å². The topological polar surface area (TPSA) is 83.5 Å². The van der Waals surface area contributed by atoms with Crippen LogP contribution in [0.5, 0.6) is 0 Å². The maximum absolute atomic E-state index is 11.2. The number of carbonyl (C=O) groups excluding carboxylic acids is 1. The van der Waals surface area contributed by atoms with Crippen LogP contribution in [-0.2, 0) is 14.9 Å². The van der Waals surface area contributed by atoms with Crippen molar-refractivity contribution in [3.63, 3.8) is 0 Å². The summed E-state index contributed by atoms with van der Waals surface area (Å²) < 4.78 is 30.4. The van der Waals surface area contributed by atoms with Crippen molar-refractivity contribution in [2.45, 2.75) is 58.4 Å². The van der Waals surface area contributed by atoms with Crippen LogP contribution < -0.4 is 5.32 Å². The molecule has 5 nitrogen and oxygen atoms in total. The Morgan fingerprint density at radius 1 is 1.22 bits per heavy atom. The van der Waals surface area contributed by atoms with E-state index in [-0.39, 0.29) is 35.5 Å². The van der Waals surface area contributed by atoms with Gasteiger partial charge in [0.05, 0.1) is 5.75 Å². The fourth-order valence-electron chi connectivity index (χ4n) is 1.60. The summed E-state index contributed by atoms with van der Waals surface area (Å²) in [5.74, 6) is -0.584. The van der Waals surface area contributed by atoms with Gasteiger partial charge in [0.2, 0.25) is 5.91 Å². The number of rotatable bonds is 9. The quantitative estimate of drug-likeness (QED) is 0.378. The summed E-state index contributed by atoms with van der Waals surface area (Å²) in [7, 11) is -4.03. The van der Waals surface area contributed by atoms with Gasteiger partial charge in [-0.3, -0.25) is 9.35 Å². The second-order valence-electron chi connectivity index (χ2n) is 4.22. The molecule has 1 atom stereocenters. The summed E-state index contributed by atoms with van der Waals surface area (Å²) in [6.07, 6.45) is 4.98. The summed E-state index contributed by atoms with van der Waals surface area (Å²) in [6.45, 7) is 3.80. The molecule has 0 aromatic carbocycles. The maximum atomic E-state index is 11.2. The summed E-state index contributed by atoms with van der Waals surface area (Å²) in [4.78, 5) is 11.2. The molecule has 1 unspecified atom stereocenters. The average Bonchev–Trinajstić information content (AvgIpc) is 2.21. The molecule has 2 N–H and O–H groups in total. The normalized spacial score (nSPS) is 12.6. The van der Waals surface area contributed by atoms with Crippen molar-refractivity contribution in [1.82, 2.24) is 5.32 Å². The van der Waals surface area contributed by atoms with Crippen LogP contribution in [0.4, 0.5) is 0 Å². The first-order valence-electron chi connectivity index (χ1n) is 6.13. The zero-order valence-corrected chi connectivity index (χ0v) is 11.4. The third kappa shape index (κ3) is 12.8. The zero-order valence-electron chi connectivity index (χ0n) is 10.6. The van der Waals surface area contributed by atoms with Crippen molar-refractivity contribution >= 4 is 45.6 Å². The van der Waals surface area contributed by atoms with Gasteiger partial charge >= 0.3 is 29.6 Å². The number of unbranched alkanes of at least 4 members (excludes halogenated alkanes) is 3. The van der Waals surface area contributed by atoms with E-state index in [9.17, 15) is 13.2 Å². The van der Waals surface area contributed by atoms with Crippen LogP contribution in [-0.4, -0.2) is 60.2 Å². The van der Waals surface area contributed by atoms with Crippen LogP contribution in [0, 0.1) is 0 Å². The van der Waals surface area contributed by atoms with Gasteiger partial charge in [-0.05, 0) is 6.42 Å². The molecule has 7 heteroatoms. The Balaban J connectivity index is 0. The fraction of sp³-hybridized carbons (Fsp3) is 0.909. The molecule has 0 spiro atoms. The van der Waals surface area contributed by atoms with Crippen LogP contribution >= 0.6 is 0 Å². The molecule has 0 heterocycles. The second kappa shape index (κ2) is 11.2. The van der Waals surface area contributed by atoms with Crippen LogP contribution in [0.25, 0.3) is 0 Å². The summed E-state index contributed by atoms with van der Waals surface area (Å²) >= 11 is 0. The molecule has 0 aromatic heterocycles. The van der Waals surface area contributed by atoms with E-state index < -0.39 is 21.9 Å². The Kier molecular flexibility index (Phi) is 12.9. The Morgan fingerprint density at radius 2 is 1.83 bits per heavy atom. The Hall–Kier alpha value is 0.380. The molecule has 1 amide bonds. The number of hydrogen-bond donors (Lipinski definition) is 2. The van der Waals surface area contributed by atoms with Crippen LogP contribution in [0.3, 0.4) is 0 Å². The molecule has 18 heavy (non-hydrogen) atoms. The van der Waals surface area contributed by atoms with Crippen molar-refractivity contribution < 1.29 is 17.8 Å². The second-order valence-corrected chi connectivity index (χ2v) is 5.71. The van der Waals surface area contributed by atoms with Gasteiger partial charge in [-0.1, -0.05) is 39.5 Å². The van der Waals surface area contributed by atoms with Crippen molar-refractivity contribution in [2.75, 3.05) is 5.75 Å². The third-order valence-electron chi connectivity index (χ3n) is 2.50. The van der Waals surface area contributed by atoms with E-state index >= 15 is 0 Å². The van der Waals surface area contributed by atoms with Crippen LogP contribution in [0.15, 0.2) is 0 Å². The third-order valence-corrected chi connectivity index (χ3v) is 3.33. The van der Waals surface area contributed by atoms with E-state index in [0.717, 1.165) is 25.7 Å². The van der Waals surface area contributed by atoms with E-state index in [4.69, 9.17) is 4.55 Å². The molecule has 0 saturated heterocycles. The summed E-state index contributed by atoms with van der Waals surface area (Å²) in [5.41, 5.74) is 0. The van der Waals surface area contributed by atoms with Crippen LogP contribution in [0.1, 0.15) is 52.4 Å². The van der Waals surface area contributed by atoms with Gasteiger partial charge in [-0.2, -0.15) is 8.42 Å². The molecule has 104 valence electrons. The van der Waals surface area contributed by atoms with Gasteiger partial charge < -0.3 is 5.32 Å². The van der Waals surface area contributed by atoms with Gasteiger partial charge in [-0.15, -0.1) is 0 Å². The first kappa shape index (κ1) is 20.7. The van der Waals surface area contributed by atoms with Gasteiger partial charge in [0, 0.05) is 12.5 Å². The molecule has 0 bridgehead atoms. The minimum absolute atomic E-state index is 0. The van der Waals surface area contributed by atoms with Crippen molar-refractivity contribution in [3.05, 3.63) is 0 Å². The monoisotopic (exact) mass is 289 g/mol. The van der Waals surface area contributed by atoms with Gasteiger partial charge in [0.15, 0.2) is 0 Å². The van der Waals surface area contributed by atoms with Crippen molar-refractivity contribution in [2.24, 2.45) is 0 Å². The number of carbonyl (C=O) groups is 1. The molecule has 0 aliphatic heterocycles.